The lowest BCUT2D eigenvalue weighted by Gasteiger charge is -2.18. The van der Waals surface area contributed by atoms with Crippen LogP contribution in [0.1, 0.15) is 19.4 Å². The Hall–Kier alpha value is -1.43. The summed E-state index contributed by atoms with van der Waals surface area (Å²) in [6, 6.07) is 8.05. The van der Waals surface area contributed by atoms with E-state index in [0.29, 0.717) is 19.2 Å². The smallest absolute Gasteiger partial charge is 0.255 e. The van der Waals surface area contributed by atoms with Crippen LogP contribution in [0.3, 0.4) is 0 Å². The van der Waals surface area contributed by atoms with Crippen LogP contribution in [0, 0.1) is 6.92 Å². The van der Waals surface area contributed by atoms with Crippen LogP contribution in [0.5, 0.6) is 0 Å². The zero-order valence-corrected chi connectivity index (χ0v) is 13.3. The van der Waals surface area contributed by atoms with E-state index in [0.717, 1.165) is 11.3 Å². The van der Waals surface area contributed by atoms with E-state index in [1.807, 2.05) is 31.2 Å². The van der Waals surface area contributed by atoms with Gasteiger partial charge in [0.05, 0.1) is 13.2 Å². The van der Waals surface area contributed by atoms with Gasteiger partial charge in [0, 0.05) is 25.4 Å². The SMILES string of the molecule is COCC(OCCNC(C)C)C(=O)Nc1ccccc1C. The van der Waals surface area contributed by atoms with Crippen molar-refractivity contribution in [2.24, 2.45) is 0 Å². The lowest BCUT2D eigenvalue weighted by Crippen LogP contribution is -2.37. The van der Waals surface area contributed by atoms with Crippen LogP contribution < -0.4 is 10.6 Å². The topological polar surface area (TPSA) is 59.6 Å². The first-order valence-corrected chi connectivity index (χ1v) is 7.25. The van der Waals surface area contributed by atoms with Crippen LogP contribution in [0.4, 0.5) is 5.69 Å². The van der Waals surface area contributed by atoms with Gasteiger partial charge >= 0.3 is 0 Å². The lowest BCUT2D eigenvalue weighted by atomic mass is 10.2. The largest absolute Gasteiger partial charge is 0.381 e. The summed E-state index contributed by atoms with van der Waals surface area (Å²) in [6.45, 7) is 7.49. The quantitative estimate of drug-likeness (QED) is 0.684. The molecule has 118 valence electrons. The highest BCUT2D eigenvalue weighted by atomic mass is 16.5. The van der Waals surface area contributed by atoms with Gasteiger partial charge in [0.25, 0.3) is 5.91 Å². The molecule has 1 amide bonds. The molecular formula is C16H26N2O3. The molecule has 0 saturated carbocycles. The second kappa shape index (κ2) is 9.50. The summed E-state index contributed by atoms with van der Waals surface area (Å²) in [7, 11) is 1.56. The molecule has 0 radical (unpaired) electrons. The van der Waals surface area contributed by atoms with Crippen LogP contribution in [0.25, 0.3) is 0 Å². The summed E-state index contributed by atoms with van der Waals surface area (Å²) < 4.78 is 10.7. The predicted molar refractivity (Wildman–Crippen MR) is 84.6 cm³/mol. The lowest BCUT2D eigenvalue weighted by molar-refractivity contribution is -0.130. The molecule has 1 rings (SSSR count). The summed E-state index contributed by atoms with van der Waals surface area (Å²) in [5.74, 6) is -0.185. The van der Waals surface area contributed by atoms with Gasteiger partial charge in [-0.25, -0.2) is 0 Å². The minimum absolute atomic E-state index is 0.185. The van der Waals surface area contributed by atoms with E-state index in [4.69, 9.17) is 9.47 Å². The fraction of sp³-hybridized carbons (Fsp3) is 0.562. The predicted octanol–water partition coefficient (Wildman–Crippen LogP) is 1.96. The fourth-order valence-corrected chi connectivity index (χ4v) is 1.83. The monoisotopic (exact) mass is 294 g/mol. The summed E-state index contributed by atoms with van der Waals surface area (Å²) in [5.41, 5.74) is 1.82. The van der Waals surface area contributed by atoms with Crippen LogP contribution in [-0.2, 0) is 14.3 Å². The Morgan fingerprint density at radius 3 is 2.62 bits per heavy atom. The molecule has 0 fully saturated rings. The maximum absolute atomic E-state index is 12.2. The van der Waals surface area contributed by atoms with Crippen molar-refractivity contribution in [1.29, 1.82) is 0 Å². The second-order valence-electron chi connectivity index (χ2n) is 5.23. The Balaban J connectivity index is 2.51. The Bertz CT molecular complexity index is 435. The Kier molecular flexibility index (Phi) is 7.97. The van der Waals surface area contributed by atoms with Gasteiger partial charge in [-0.1, -0.05) is 32.0 Å². The van der Waals surface area contributed by atoms with Crippen molar-refractivity contribution in [1.82, 2.24) is 5.32 Å². The number of hydrogen-bond acceptors (Lipinski definition) is 4. The second-order valence-corrected chi connectivity index (χ2v) is 5.23. The standard InChI is InChI=1S/C16H26N2O3/c1-12(2)17-9-10-21-15(11-20-4)16(19)18-14-8-6-5-7-13(14)3/h5-8,12,15,17H,9-11H2,1-4H3,(H,18,19). The molecular weight excluding hydrogens is 268 g/mol. The van der Waals surface area contributed by atoms with E-state index in [-0.39, 0.29) is 12.5 Å². The highest BCUT2D eigenvalue weighted by molar-refractivity contribution is 5.94. The van der Waals surface area contributed by atoms with Gasteiger partial charge in [-0.05, 0) is 18.6 Å². The molecule has 0 spiro atoms. The number of anilines is 1. The van der Waals surface area contributed by atoms with Crippen molar-refractivity contribution in [3.05, 3.63) is 29.8 Å². The maximum atomic E-state index is 12.2. The van der Waals surface area contributed by atoms with Crippen molar-refractivity contribution in [2.45, 2.75) is 32.9 Å². The number of carbonyl (C=O) groups excluding carboxylic acids is 1. The zero-order valence-electron chi connectivity index (χ0n) is 13.3. The highest BCUT2D eigenvalue weighted by Crippen LogP contribution is 2.13. The number of ether oxygens (including phenoxy) is 2. The number of para-hydroxylation sites is 1. The number of benzene rings is 1. The van der Waals surface area contributed by atoms with Gasteiger partial charge in [0.2, 0.25) is 0 Å². The summed E-state index contributed by atoms with van der Waals surface area (Å²) in [5, 5.41) is 6.12. The van der Waals surface area contributed by atoms with Gasteiger partial charge in [0.1, 0.15) is 0 Å². The molecule has 1 atom stereocenters. The fourth-order valence-electron chi connectivity index (χ4n) is 1.83. The number of carbonyl (C=O) groups is 1. The minimum atomic E-state index is -0.608. The normalized spacial score (nSPS) is 12.4. The first kappa shape index (κ1) is 17.6. The molecule has 1 aromatic carbocycles. The van der Waals surface area contributed by atoms with E-state index in [2.05, 4.69) is 24.5 Å². The molecule has 1 unspecified atom stereocenters. The van der Waals surface area contributed by atoms with E-state index in [1.54, 1.807) is 7.11 Å². The van der Waals surface area contributed by atoms with Crippen LogP contribution in [-0.4, -0.2) is 44.9 Å². The van der Waals surface area contributed by atoms with Crippen molar-refractivity contribution < 1.29 is 14.3 Å². The minimum Gasteiger partial charge on any atom is -0.381 e. The third-order valence-corrected chi connectivity index (χ3v) is 2.99. The number of nitrogens with one attached hydrogen (secondary N) is 2. The third kappa shape index (κ3) is 6.71. The molecule has 0 aliphatic rings. The van der Waals surface area contributed by atoms with Gasteiger partial charge in [-0.15, -0.1) is 0 Å². The molecule has 2 N–H and O–H groups in total. The Morgan fingerprint density at radius 1 is 1.29 bits per heavy atom. The molecule has 0 aliphatic heterocycles. The highest BCUT2D eigenvalue weighted by Gasteiger charge is 2.19. The first-order chi connectivity index (χ1) is 10.0. The molecule has 0 bridgehead atoms. The molecule has 0 saturated heterocycles. The van der Waals surface area contributed by atoms with Gasteiger partial charge in [0.15, 0.2) is 6.10 Å². The molecule has 0 aromatic heterocycles. The van der Waals surface area contributed by atoms with Crippen molar-refractivity contribution in [2.75, 3.05) is 32.2 Å². The van der Waals surface area contributed by atoms with Crippen molar-refractivity contribution in [3.8, 4) is 0 Å². The van der Waals surface area contributed by atoms with Crippen LogP contribution >= 0.6 is 0 Å². The van der Waals surface area contributed by atoms with Crippen molar-refractivity contribution in [3.63, 3.8) is 0 Å². The zero-order chi connectivity index (χ0) is 15.7. The summed E-state index contributed by atoms with van der Waals surface area (Å²) in [4.78, 5) is 12.2. The average Bonchev–Trinajstić information content (AvgIpc) is 2.44. The Morgan fingerprint density at radius 2 is 2.00 bits per heavy atom. The number of hydrogen-bond donors (Lipinski definition) is 2. The van der Waals surface area contributed by atoms with E-state index in [1.165, 1.54) is 0 Å². The van der Waals surface area contributed by atoms with Gasteiger partial charge in [-0.2, -0.15) is 0 Å². The van der Waals surface area contributed by atoms with Crippen molar-refractivity contribution >= 4 is 11.6 Å². The molecule has 21 heavy (non-hydrogen) atoms. The Labute approximate surface area is 127 Å². The number of methoxy groups -OCH3 is 1. The van der Waals surface area contributed by atoms with Gasteiger partial charge in [-0.3, -0.25) is 4.79 Å². The molecule has 1 aromatic rings. The third-order valence-electron chi connectivity index (χ3n) is 2.99. The first-order valence-electron chi connectivity index (χ1n) is 7.25. The van der Waals surface area contributed by atoms with Gasteiger partial charge < -0.3 is 20.1 Å². The summed E-state index contributed by atoms with van der Waals surface area (Å²) in [6.07, 6.45) is -0.608. The van der Waals surface area contributed by atoms with E-state index < -0.39 is 6.10 Å². The summed E-state index contributed by atoms with van der Waals surface area (Å²) >= 11 is 0. The maximum Gasteiger partial charge on any atom is 0.255 e. The number of amides is 1. The number of aryl methyl sites for hydroxylation is 1. The van der Waals surface area contributed by atoms with Crippen LogP contribution in [0.2, 0.25) is 0 Å². The molecule has 5 nitrogen and oxygen atoms in total. The van der Waals surface area contributed by atoms with E-state index in [9.17, 15) is 4.79 Å². The van der Waals surface area contributed by atoms with E-state index >= 15 is 0 Å². The average molecular weight is 294 g/mol. The van der Waals surface area contributed by atoms with Crippen LogP contribution in [0.15, 0.2) is 24.3 Å². The molecule has 5 heteroatoms. The molecule has 0 aliphatic carbocycles. The molecule has 0 heterocycles. The number of rotatable bonds is 9.